The molecule has 2 aromatic rings. The largest absolute Gasteiger partial charge is 0.478 e. The van der Waals surface area contributed by atoms with Crippen LogP contribution in [0.2, 0.25) is 0 Å². The molecule has 0 fully saturated rings. The molecule has 0 aromatic heterocycles. The first-order chi connectivity index (χ1) is 10.5. The van der Waals surface area contributed by atoms with E-state index in [-0.39, 0.29) is 11.1 Å². The van der Waals surface area contributed by atoms with Crippen LogP contribution in [0.5, 0.6) is 0 Å². The van der Waals surface area contributed by atoms with Crippen LogP contribution >= 0.6 is 0 Å². The minimum atomic E-state index is -1.15. The van der Waals surface area contributed by atoms with Gasteiger partial charge in [0.25, 0.3) is 0 Å². The van der Waals surface area contributed by atoms with Gasteiger partial charge in [0.2, 0.25) is 0 Å². The number of carboxylic acids is 2. The average molecular weight is 295 g/mol. The molecular weight excluding hydrogens is 282 g/mol. The van der Waals surface area contributed by atoms with Crippen molar-refractivity contribution in [2.24, 2.45) is 0 Å². The van der Waals surface area contributed by atoms with E-state index < -0.39 is 11.9 Å². The van der Waals surface area contributed by atoms with Crippen LogP contribution < -0.4 is 0 Å². The van der Waals surface area contributed by atoms with Gasteiger partial charge in [0.1, 0.15) is 0 Å². The van der Waals surface area contributed by atoms with Gasteiger partial charge in [-0.15, -0.1) is 0 Å². The number of nitrogens with zero attached hydrogens (tertiary/aromatic N) is 1. The smallest absolute Gasteiger partial charge is 0.335 e. The van der Waals surface area contributed by atoms with Gasteiger partial charge in [0.05, 0.1) is 22.8 Å². The number of carboxylic acid groups (broad SMARTS) is 2. The van der Waals surface area contributed by atoms with Crippen LogP contribution in [0.3, 0.4) is 0 Å². The van der Waals surface area contributed by atoms with Crippen molar-refractivity contribution in [3.8, 4) is 6.07 Å². The molecule has 2 aromatic carbocycles. The molecule has 0 saturated carbocycles. The van der Waals surface area contributed by atoms with E-state index in [2.05, 4.69) is 0 Å². The van der Waals surface area contributed by atoms with Crippen molar-refractivity contribution in [3.63, 3.8) is 0 Å². The SMILES string of the molecule is N#Cc1ccc(CCc2cc(C(=O)O)cc(C(=O)O)c2)cc1. The third kappa shape index (κ3) is 3.70. The number of hydrogen-bond acceptors (Lipinski definition) is 3. The number of hydrogen-bond donors (Lipinski definition) is 2. The maximum absolute atomic E-state index is 11.0. The molecule has 0 aliphatic heterocycles. The van der Waals surface area contributed by atoms with E-state index in [0.29, 0.717) is 24.0 Å². The summed E-state index contributed by atoms with van der Waals surface area (Å²) in [5.74, 6) is -2.30. The highest BCUT2D eigenvalue weighted by Gasteiger charge is 2.11. The lowest BCUT2D eigenvalue weighted by Crippen LogP contribution is -2.05. The fraction of sp³-hybridized carbons (Fsp3) is 0.118. The number of nitriles is 1. The van der Waals surface area contributed by atoms with E-state index in [1.54, 1.807) is 12.1 Å². The van der Waals surface area contributed by atoms with E-state index in [1.807, 2.05) is 18.2 Å². The standard InChI is InChI=1S/C17H13NO4/c18-10-12-4-1-11(2-5-12)3-6-13-7-14(16(19)20)9-15(8-13)17(21)22/h1-2,4-5,7-9H,3,6H2,(H,19,20)(H,21,22). The fourth-order valence-corrected chi connectivity index (χ4v) is 2.12. The van der Waals surface area contributed by atoms with Crippen molar-refractivity contribution >= 4 is 11.9 Å². The number of rotatable bonds is 5. The first kappa shape index (κ1) is 15.3. The predicted molar refractivity (Wildman–Crippen MR) is 78.9 cm³/mol. The van der Waals surface area contributed by atoms with Gasteiger partial charge in [0, 0.05) is 0 Å². The zero-order valence-corrected chi connectivity index (χ0v) is 11.6. The Bertz CT molecular complexity index is 725. The minimum absolute atomic E-state index is 0.0327. The van der Waals surface area contributed by atoms with Gasteiger partial charge >= 0.3 is 11.9 Å². The Morgan fingerprint density at radius 2 is 1.36 bits per heavy atom. The van der Waals surface area contributed by atoms with Crippen molar-refractivity contribution in [1.82, 2.24) is 0 Å². The van der Waals surface area contributed by atoms with Gasteiger partial charge in [-0.25, -0.2) is 9.59 Å². The van der Waals surface area contributed by atoms with Crippen LogP contribution in [0.1, 0.15) is 37.4 Å². The van der Waals surface area contributed by atoms with E-state index in [9.17, 15) is 9.59 Å². The van der Waals surface area contributed by atoms with E-state index in [4.69, 9.17) is 15.5 Å². The molecule has 22 heavy (non-hydrogen) atoms. The number of aryl methyl sites for hydroxylation is 2. The quantitative estimate of drug-likeness (QED) is 0.883. The molecule has 2 N–H and O–H groups in total. The van der Waals surface area contributed by atoms with Crippen molar-refractivity contribution in [2.45, 2.75) is 12.8 Å². The number of carbonyl (C=O) groups is 2. The Morgan fingerprint density at radius 1 is 0.864 bits per heavy atom. The molecule has 0 aliphatic rings. The van der Waals surface area contributed by atoms with Gasteiger partial charge in [-0.3, -0.25) is 0 Å². The van der Waals surface area contributed by atoms with Gasteiger partial charge < -0.3 is 10.2 Å². The van der Waals surface area contributed by atoms with Crippen molar-refractivity contribution in [1.29, 1.82) is 5.26 Å². The molecule has 0 aliphatic carbocycles. The Balaban J connectivity index is 2.19. The molecule has 0 radical (unpaired) electrons. The lowest BCUT2D eigenvalue weighted by Gasteiger charge is -2.06. The highest BCUT2D eigenvalue weighted by molar-refractivity contribution is 5.94. The normalized spacial score (nSPS) is 9.95. The van der Waals surface area contributed by atoms with Crippen LogP contribution in [-0.2, 0) is 12.8 Å². The first-order valence-corrected chi connectivity index (χ1v) is 6.59. The molecule has 5 heteroatoms. The molecule has 0 unspecified atom stereocenters. The average Bonchev–Trinajstić information content (AvgIpc) is 2.53. The topological polar surface area (TPSA) is 98.4 Å². The Morgan fingerprint density at radius 3 is 1.82 bits per heavy atom. The minimum Gasteiger partial charge on any atom is -0.478 e. The van der Waals surface area contributed by atoms with E-state index in [0.717, 1.165) is 11.6 Å². The third-order valence-electron chi connectivity index (χ3n) is 3.27. The van der Waals surface area contributed by atoms with Crippen LogP contribution in [-0.4, -0.2) is 22.2 Å². The Labute approximate surface area is 127 Å². The van der Waals surface area contributed by atoms with Crippen LogP contribution in [0, 0.1) is 11.3 Å². The zero-order valence-electron chi connectivity index (χ0n) is 11.6. The molecule has 2 rings (SSSR count). The highest BCUT2D eigenvalue weighted by atomic mass is 16.4. The van der Waals surface area contributed by atoms with E-state index >= 15 is 0 Å². The summed E-state index contributed by atoms with van der Waals surface area (Å²) < 4.78 is 0. The third-order valence-corrected chi connectivity index (χ3v) is 3.27. The molecule has 0 spiro atoms. The lowest BCUT2D eigenvalue weighted by molar-refractivity contribution is 0.0696. The number of benzene rings is 2. The molecule has 0 heterocycles. The summed E-state index contributed by atoms with van der Waals surface area (Å²) in [6.07, 6.45) is 1.15. The van der Waals surface area contributed by atoms with Crippen molar-refractivity contribution in [2.75, 3.05) is 0 Å². The summed E-state index contributed by atoms with van der Waals surface area (Å²) in [6, 6.07) is 13.2. The molecule has 0 atom stereocenters. The summed E-state index contributed by atoms with van der Waals surface area (Å²) in [5, 5.41) is 26.8. The second-order valence-electron chi connectivity index (χ2n) is 4.84. The summed E-state index contributed by atoms with van der Waals surface area (Å²) in [5.41, 5.74) is 2.16. The summed E-state index contributed by atoms with van der Waals surface area (Å²) in [7, 11) is 0. The molecule has 0 saturated heterocycles. The Kier molecular flexibility index (Phi) is 4.54. The zero-order chi connectivity index (χ0) is 16.1. The van der Waals surface area contributed by atoms with Crippen LogP contribution in [0.4, 0.5) is 0 Å². The van der Waals surface area contributed by atoms with Gasteiger partial charge in [0.15, 0.2) is 0 Å². The summed E-state index contributed by atoms with van der Waals surface area (Å²) in [6.45, 7) is 0. The lowest BCUT2D eigenvalue weighted by atomic mass is 9.99. The Hall–Kier alpha value is -3.13. The van der Waals surface area contributed by atoms with Crippen LogP contribution in [0.15, 0.2) is 42.5 Å². The second kappa shape index (κ2) is 6.55. The maximum atomic E-state index is 11.0. The summed E-state index contributed by atoms with van der Waals surface area (Å²) >= 11 is 0. The number of aromatic carboxylic acids is 2. The highest BCUT2D eigenvalue weighted by Crippen LogP contribution is 2.14. The molecule has 110 valence electrons. The van der Waals surface area contributed by atoms with Crippen molar-refractivity contribution < 1.29 is 19.8 Å². The van der Waals surface area contributed by atoms with E-state index in [1.165, 1.54) is 12.1 Å². The fourth-order valence-electron chi connectivity index (χ4n) is 2.12. The monoisotopic (exact) mass is 295 g/mol. The second-order valence-corrected chi connectivity index (χ2v) is 4.84. The maximum Gasteiger partial charge on any atom is 0.335 e. The van der Waals surface area contributed by atoms with Crippen molar-refractivity contribution in [3.05, 3.63) is 70.3 Å². The molecule has 0 amide bonds. The van der Waals surface area contributed by atoms with Gasteiger partial charge in [-0.2, -0.15) is 5.26 Å². The molecule has 0 bridgehead atoms. The summed E-state index contributed by atoms with van der Waals surface area (Å²) in [4.78, 5) is 22.1. The molecule has 5 nitrogen and oxygen atoms in total. The van der Waals surface area contributed by atoms with Crippen LogP contribution in [0.25, 0.3) is 0 Å². The first-order valence-electron chi connectivity index (χ1n) is 6.59. The van der Waals surface area contributed by atoms with Gasteiger partial charge in [-0.05, 0) is 54.3 Å². The molecular formula is C17H13NO4. The van der Waals surface area contributed by atoms with Gasteiger partial charge in [-0.1, -0.05) is 12.1 Å². The predicted octanol–water partition coefficient (Wildman–Crippen LogP) is 2.74.